The lowest BCUT2D eigenvalue weighted by Gasteiger charge is -2.35. The van der Waals surface area contributed by atoms with E-state index in [4.69, 9.17) is 0 Å². The fourth-order valence-corrected chi connectivity index (χ4v) is 8.69. The molecule has 6 aromatic carbocycles. The number of benzene rings is 6. The zero-order chi connectivity index (χ0) is 30.1. The van der Waals surface area contributed by atoms with Gasteiger partial charge in [-0.1, -0.05) is 72.8 Å². The van der Waals surface area contributed by atoms with Crippen LogP contribution in [0.25, 0.3) is 53.6 Å². The van der Waals surface area contributed by atoms with Crippen molar-refractivity contribution < 1.29 is 10.2 Å². The summed E-state index contributed by atoms with van der Waals surface area (Å²) in [5, 5.41) is 28.9. The van der Waals surface area contributed by atoms with Gasteiger partial charge in [0.1, 0.15) is 11.5 Å². The van der Waals surface area contributed by atoms with E-state index in [1.165, 1.54) is 54.3 Å². The Balaban J connectivity index is 1.43. The van der Waals surface area contributed by atoms with Crippen LogP contribution in [0.4, 0.5) is 0 Å². The Morgan fingerprint density at radius 1 is 0.422 bits per heavy atom. The van der Waals surface area contributed by atoms with E-state index in [2.05, 4.69) is 108 Å². The standard InChI is InChI=1S/C41H26O2S2/c42-33-13-7-25-19-31(11-5-27(25)21-33)41(32-12-6-28-22-34(43)14-8-26(28)20-32)37-23-29(39-3-1-17-44-39)9-15-35(37)36-16-10-30(24-38(36)41)40-4-2-18-45-40/h1-24,42-43H. The van der Waals surface area contributed by atoms with Gasteiger partial charge in [0.15, 0.2) is 0 Å². The number of fused-ring (bicyclic) bond motifs is 5. The second-order valence-corrected chi connectivity index (χ2v) is 13.6. The number of aromatic hydroxyl groups is 2. The number of hydrogen-bond donors (Lipinski definition) is 2. The molecule has 45 heavy (non-hydrogen) atoms. The summed E-state index contributed by atoms with van der Waals surface area (Å²) in [5.74, 6) is 0.529. The molecule has 1 aliphatic rings. The minimum absolute atomic E-state index is 0.264. The second-order valence-electron chi connectivity index (χ2n) is 11.7. The number of phenolic OH excluding ortho intramolecular Hbond substituents is 2. The molecular weight excluding hydrogens is 589 g/mol. The van der Waals surface area contributed by atoms with E-state index >= 15 is 0 Å². The zero-order valence-corrected chi connectivity index (χ0v) is 25.7. The van der Waals surface area contributed by atoms with Crippen LogP contribution in [0.1, 0.15) is 22.3 Å². The van der Waals surface area contributed by atoms with Gasteiger partial charge in [0.25, 0.3) is 0 Å². The smallest absolute Gasteiger partial charge is 0.116 e. The molecule has 0 spiro atoms. The number of rotatable bonds is 4. The van der Waals surface area contributed by atoms with E-state index in [0.29, 0.717) is 0 Å². The molecule has 0 bridgehead atoms. The van der Waals surface area contributed by atoms with E-state index < -0.39 is 5.41 Å². The minimum Gasteiger partial charge on any atom is -0.508 e. The van der Waals surface area contributed by atoms with Gasteiger partial charge >= 0.3 is 0 Å². The molecule has 4 heteroatoms. The zero-order valence-electron chi connectivity index (χ0n) is 24.1. The van der Waals surface area contributed by atoms with Crippen molar-refractivity contribution in [2.45, 2.75) is 5.41 Å². The Hall–Kier alpha value is -5.16. The fraction of sp³-hybridized carbons (Fsp3) is 0.0244. The van der Waals surface area contributed by atoms with Gasteiger partial charge in [-0.2, -0.15) is 0 Å². The summed E-state index contributed by atoms with van der Waals surface area (Å²) in [6.07, 6.45) is 0. The molecule has 0 aliphatic heterocycles. The quantitative estimate of drug-likeness (QED) is 0.207. The van der Waals surface area contributed by atoms with Crippen LogP contribution in [0.15, 0.2) is 144 Å². The summed E-state index contributed by atoms with van der Waals surface area (Å²) in [5.41, 5.74) is 9.11. The van der Waals surface area contributed by atoms with Crippen molar-refractivity contribution in [1.82, 2.24) is 0 Å². The van der Waals surface area contributed by atoms with Crippen molar-refractivity contribution in [3.05, 3.63) is 166 Å². The third-order valence-corrected chi connectivity index (χ3v) is 11.1. The molecule has 0 saturated carbocycles. The van der Waals surface area contributed by atoms with Gasteiger partial charge in [0, 0.05) is 9.75 Å². The summed E-state index contributed by atoms with van der Waals surface area (Å²) in [7, 11) is 0. The first kappa shape index (κ1) is 26.3. The van der Waals surface area contributed by atoms with Gasteiger partial charge in [0.05, 0.1) is 5.41 Å². The molecule has 1 aliphatic carbocycles. The molecule has 0 unspecified atom stereocenters. The van der Waals surface area contributed by atoms with Crippen LogP contribution >= 0.6 is 22.7 Å². The lowest BCUT2D eigenvalue weighted by Crippen LogP contribution is -2.28. The average Bonchev–Trinajstić information content (AvgIpc) is 3.85. The van der Waals surface area contributed by atoms with E-state index in [0.717, 1.165) is 21.5 Å². The molecule has 2 N–H and O–H groups in total. The summed E-state index contributed by atoms with van der Waals surface area (Å²) in [6.45, 7) is 0. The molecule has 0 atom stereocenters. The molecule has 214 valence electrons. The largest absolute Gasteiger partial charge is 0.508 e. The molecular formula is C41H26O2S2. The Kier molecular flexibility index (Phi) is 5.79. The number of hydrogen-bond acceptors (Lipinski definition) is 4. The molecule has 8 aromatic rings. The minimum atomic E-state index is -0.622. The average molecular weight is 615 g/mol. The lowest BCUT2D eigenvalue weighted by molar-refractivity contribution is 0.475. The van der Waals surface area contributed by atoms with Crippen LogP contribution in [0.5, 0.6) is 11.5 Å². The van der Waals surface area contributed by atoms with Crippen molar-refractivity contribution in [3.63, 3.8) is 0 Å². The highest BCUT2D eigenvalue weighted by molar-refractivity contribution is 7.13. The Labute approximate surface area is 268 Å². The van der Waals surface area contributed by atoms with E-state index in [1.807, 2.05) is 24.3 Å². The maximum absolute atomic E-state index is 10.2. The fourth-order valence-electron chi connectivity index (χ4n) is 7.24. The first-order valence-corrected chi connectivity index (χ1v) is 16.7. The van der Waals surface area contributed by atoms with Gasteiger partial charge in [-0.05, 0) is 137 Å². The highest BCUT2D eigenvalue weighted by atomic mass is 32.1. The Morgan fingerprint density at radius 2 is 0.867 bits per heavy atom. The van der Waals surface area contributed by atoms with Gasteiger partial charge in [-0.15, -0.1) is 22.7 Å². The van der Waals surface area contributed by atoms with Crippen LogP contribution in [0.3, 0.4) is 0 Å². The van der Waals surface area contributed by atoms with Crippen molar-refractivity contribution in [1.29, 1.82) is 0 Å². The Bertz CT molecular complexity index is 2230. The summed E-state index contributed by atoms with van der Waals surface area (Å²) in [6, 6.07) is 47.0. The highest BCUT2D eigenvalue weighted by Gasteiger charge is 2.46. The summed E-state index contributed by atoms with van der Waals surface area (Å²) in [4.78, 5) is 2.48. The third kappa shape index (κ3) is 4.00. The normalized spacial score (nSPS) is 13.2. The maximum atomic E-state index is 10.2. The Morgan fingerprint density at radius 3 is 1.31 bits per heavy atom. The van der Waals surface area contributed by atoms with Crippen LogP contribution in [-0.4, -0.2) is 10.2 Å². The SMILES string of the molecule is Oc1ccc2cc(C3(c4ccc5cc(O)ccc5c4)c4cc(-c5cccs5)ccc4-c4ccc(-c5cccs5)cc43)ccc2c1. The molecule has 0 saturated heterocycles. The van der Waals surface area contributed by atoms with Gasteiger partial charge in [-0.3, -0.25) is 0 Å². The third-order valence-electron chi connectivity index (χ3n) is 9.26. The van der Waals surface area contributed by atoms with Crippen molar-refractivity contribution in [3.8, 4) is 43.5 Å². The maximum Gasteiger partial charge on any atom is 0.116 e. The monoisotopic (exact) mass is 614 g/mol. The first-order chi connectivity index (χ1) is 22.1. The van der Waals surface area contributed by atoms with Gasteiger partial charge < -0.3 is 10.2 Å². The molecule has 2 heterocycles. The van der Waals surface area contributed by atoms with Gasteiger partial charge in [-0.25, -0.2) is 0 Å². The lowest BCUT2D eigenvalue weighted by atomic mass is 9.66. The summed E-state index contributed by atoms with van der Waals surface area (Å²) >= 11 is 3.52. The first-order valence-electron chi connectivity index (χ1n) is 14.9. The van der Waals surface area contributed by atoms with Crippen LogP contribution < -0.4 is 0 Å². The van der Waals surface area contributed by atoms with Crippen LogP contribution in [0.2, 0.25) is 0 Å². The second kappa shape index (κ2) is 9.93. The highest BCUT2D eigenvalue weighted by Crippen LogP contribution is 2.58. The predicted octanol–water partition coefficient (Wildman–Crippen LogP) is 11.2. The van der Waals surface area contributed by atoms with Crippen molar-refractivity contribution in [2.75, 3.05) is 0 Å². The van der Waals surface area contributed by atoms with E-state index in [-0.39, 0.29) is 11.5 Å². The molecule has 2 aromatic heterocycles. The van der Waals surface area contributed by atoms with E-state index in [1.54, 1.807) is 34.8 Å². The van der Waals surface area contributed by atoms with Gasteiger partial charge in [0.2, 0.25) is 0 Å². The van der Waals surface area contributed by atoms with Crippen molar-refractivity contribution in [2.24, 2.45) is 0 Å². The topological polar surface area (TPSA) is 40.5 Å². The molecule has 2 nitrogen and oxygen atoms in total. The molecule has 9 rings (SSSR count). The number of thiophene rings is 2. The van der Waals surface area contributed by atoms with Crippen LogP contribution in [-0.2, 0) is 5.41 Å². The van der Waals surface area contributed by atoms with E-state index in [9.17, 15) is 10.2 Å². The van der Waals surface area contributed by atoms with Crippen LogP contribution in [0, 0.1) is 0 Å². The summed E-state index contributed by atoms with van der Waals surface area (Å²) < 4.78 is 0. The molecule has 0 radical (unpaired) electrons. The molecule has 0 amide bonds. The number of phenols is 2. The molecule has 0 fully saturated rings. The predicted molar refractivity (Wildman–Crippen MR) is 189 cm³/mol. The van der Waals surface area contributed by atoms with Crippen molar-refractivity contribution >= 4 is 44.2 Å².